The first-order valence-electron chi connectivity index (χ1n) is 18.0. The van der Waals surface area contributed by atoms with E-state index in [-0.39, 0.29) is 0 Å². The van der Waals surface area contributed by atoms with Crippen LogP contribution in [0.25, 0.3) is 21.8 Å². The van der Waals surface area contributed by atoms with Gasteiger partial charge in [-0.15, -0.1) is 0 Å². The van der Waals surface area contributed by atoms with Gasteiger partial charge in [0.15, 0.2) is 0 Å². The van der Waals surface area contributed by atoms with E-state index in [4.69, 9.17) is 21.5 Å². The average Bonchev–Trinajstić information content (AvgIpc) is 3.53. The SMILES string of the molecule is CCCC(CC)NCCCNCCCN(N)/C=C(\N)CNc1nc(N2CCN(CCc3c[nH]c4ccccc34)CC2)c2ccccc2n1. The maximum Gasteiger partial charge on any atom is 0.225 e. The number of aromatic amines is 1. The van der Waals surface area contributed by atoms with E-state index in [1.165, 1.54) is 35.7 Å². The molecule has 260 valence electrons. The molecule has 0 spiro atoms. The quantitative estimate of drug-likeness (QED) is 0.0461. The zero-order valence-electron chi connectivity index (χ0n) is 29.1. The lowest BCUT2D eigenvalue weighted by Crippen LogP contribution is -2.47. The molecule has 0 radical (unpaired) electrons. The molecule has 1 atom stereocenters. The Balaban J connectivity index is 1.05. The molecule has 1 fully saturated rings. The third-order valence-corrected chi connectivity index (χ3v) is 9.27. The van der Waals surface area contributed by atoms with Crippen LogP contribution in [-0.2, 0) is 6.42 Å². The van der Waals surface area contributed by atoms with E-state index in [1.807, 2.05) is 12.1 Å². The summed E-state index contributed by atoms with van der Waals surface area (Å²) in [5, 5.41) is 14.6. The van der Waals surface area contributed by atoms with Gasteiger partial charge in [0, 0.05) is 79.7 Å². The minimum absolute atomic E-state index is 0.412. The van der Waals surface area contributed by atoms with Crippen molar-refractivity contribution in [2.45, 2.75) is 58.4 Å². The first kappa shape index (κ1) is 35.4. The van der Waals surface area contributed by atoms with Gasteiger partial charge in [0.1, 0.15) is 5.82 Å². The fourth-order valence-corrected chi connectivity index (χ4v) is 6.51. The van der Waals surface area contributed by atoms with E-state index in [9.17, 15) is 0 Å². The zero-order chi connectivity index (χ0) is 33.6. The Bertz CT molecular complexity index is 1560. The molecule has 5 rings (SSSR count). The van der Waals surface area contributed by atoms with Crippen LogP contribution in [0.3, 0.4) is 0 Å². The smallest absolute Gasteiger partial charge is 0.225 e. The number of benzene rings is 2. The van der Waals surface area contributed by atoms with Gasteiger partial charge >= 0.3 is 0 Å². The Hall–Kier alpha value is -3.90. The third kappa shape index (κ3) is 10.3. The molecule has 0 saturated carbocycles. The predicted octanol–water partition coefficient (Wildman–Crippen LogP) is 4.40. The lowest BCUT2D eigenvalue weighted by atomic mass is 10.1. The molecule has 11 heteroatoms. The molecule has 1 unspecified atom stereocenters. The predicted molar refractivity (Wildman–Crippen MR) is 201 cm³/mol. The number of piperazine rings is 1. The minimum atomic E-state index is 0.412. The second-order valence-electron chi connectivity index (χ2n) is 12.9. The monoisotopic (exact) mass is 655 g/mol. The molecule has 0 amide bonds. The first-order chi connectivity index (χ1) is 23.5. The van der Waals surface area contributed by atoms with Gasteiger partial charge in [0.25, 0.3) is 0 Å². The van der Waals surface area contributed by atoms with Crippen LogP contribution >= 0.6 is 0 Å². The minimum Gasteiger partial charge on any atom is -0.399 e. The van der Waals surface area contributed by atoms with Crippen LogP contribution < -0.4 is 32.4 Å². The molecule has 0 aliphatic carbocycles. The van der Waals surface area contributed by atoms with Gasteiger partial charge in [-0.05, 0) is 75.5 Å². The van der Waals surface area contributed by atoms with Crippen LogP contribution in [0.2, 0.25) is 0 Å². The van der Waals surface area contributed by atoms with Crippen molar-refractivity contribution in [1.29, 1.82) is 0 Å². The van der Waals surface area contributed by atoms with Crippen molar-refractivity contribution in [2.24, 2.45) is 11.6 Å². The maximum atomic E-state index is 6.35. The van der Waals surface area contributed by atoms with Crippen LogP contribution in [0, 0.1) is 0 Å². The maximum absolute atomic E-state index is 6.35. The number of hydrogen-bond donors (Lipinski definition) is 6. The number of anilines is 2. The summed E-state index contributed by atoms with van der Waals surface area (Å²) in [5.41, 5.74) is 10.5. The summed E-state index contributed by atoms with van der Waals surface area (Å²) >= 11 is 0. The van der Waals surface area contributed by atoms with Crippen LogP contribution in [-0.4, -0.2) is 96.4 Å². The van der Waals surface area contributed by atoms with Crippen LogP contribution in [0.15, 0.2) is 66.6 Å². The fourth-order valence-electron chi connectivity index (χ4n) is 6.51. The van der Waals surface area contributed by atoms with E-state index in [2.05, 4.69) is 87.2 Å². The lowest BCUT2D eigenvalue weighted by molar-refractivity contribution is 0.261. The van der Waals surface area contributed by atoms with Crippen LogP contribution in [0.4, 0.5) is 11.8 Å². The van der Waals surface area contributed by atoms with Gasteiger partial charge in [0.2, 0.25) is 5.95 Å². The summed E-state index contributed by atoms with van der Waals surface area (Å²) in [5.74, 6) is 7.77. The van der Waals surface area contributed by atoms with Gasteiger partial charge < -0.3 is 36.6 Å². The molecule has 3 heterocycles. The molecule has 11 nitrogen and oxygen atoms in total. The third-order valence-electron chi connectivity index (χ3n) is 9.27. The Morgan fingerprint density at radius 3 is 2.56 bits per heavy atom. The number of rotatable bonds is 20. The van der Waals surface area contributed by atoms with Gasteiger partial charge in [-0.2, -0.15) is 4.98 Å². The molecule has 1 aliphatic rings. The molecule has 1 saturated heterocycles. The standard InChI is InChI=1S/C37H57N11/c1-3-11-31(4-2)41-19-9-17-40-18-10-20-48(39)28-30(38)27-43-37-44-35-15-8-6-13-33(35)36(45-37)47-24-22-46(23-25-47)21-16-29-26-42-34-14-7-5-12-32(29)34/h5-8,12-15,26,28,31,40-42H,3-4,9-11,16-25,27,38-39H2,1-2H3,(H,43,44,45)/b30-28-. The summed E-state index contributed by atoms with van der Waals surface area (Å²) < 4.78 is 0. The zero-order valence-corrected chi connectivity index (χ0v) is 29.1. The van der Waals surface area contributed by atoms with E-state index in [0.29, 0.717) is 24.2 Å². The highest BCUT2D eigenvalue weighted by molar-refractivity contribution is 5.90. The summed E-state index contributed by atoms with van der Waals surface area (Å²) in [6.45, 7) is 13.5. The van der Waals surface area contributed by atoms with E-state index < -0.39 is 0 Å². The molecule has 2 aromatic carbocycles. The number of nitrogens with one attached hydrogen (secondary N) is 4. The number of hydrazine groups is 1. The van der Waals surface area contributed by atoms with E-state index in [0.717, 1.165) is 94.9 Å². The number of fused-ring (bicyclic) bond motifs is 2. The molecule has 0 bridgehead atoms. The number of para-hydroxylation sites is 2. The van der Waals surface area contributed by atoms with E-state index >= 15 is 0 Å². The van der Waals surface area contributed by atoms with Gasteiger partial charge in [-0.25, -0.2) is 10.8 Å². The van der Waals surface area contributed by atoms with Crippen molar-refractivity contribution in [1.82, 2.24) is 35.5 Å². The molecule has 2 aromatic heterocycles. The molecular weight excluding hydrogens is 598 g/mol. The summed E-state index contributed by atoms with van der Waals surface area (Å²) in [7, 11) is 0. The van der Waals surface area contributed by atoms with Gasteiger partial charge in [-0.1, -0.05) is 50.6 Å². The Morgan fingerprint density at radius 1 is 0.979 bits per heavy atom. The average molecular weight is 656 g/mol. The Morgan fingerprint density at radius 2 is 1.75 bits per heavy atom. The molecule has 48 heavy (non-hydrogen) atoms. The lowest BCUT2D eigenvalue weighted by Gasteiger charge is -2.36. The van der Waals surface area contributed by atoms with Gasteiger partial charge in [-0.3, -0.25) is 4.90 Å². The number of hydrogen-bond acceptors (Lipinski definition) is 10. The van der Waals surface area contributed by atoms with Crippen LogP contribution in [0.5, 0.6) is 0 Å². The highest BCUT2D eigenvalue weighted by Gasteiger charge is 2.21. The topological polar surface area (TPSA) is 139 Å². The second kappa shape index (κ2) is 18.6. The summed E-state index contributed by atoms with van der Waals surface area (Å²) in [6.07, 6.45) is 10.8. The van der Waals surface area contributed by atoms with Crippen molar-refractivity contribution in [3.05, 3.63) is 72.2 Å². The molecule has 1 aliphatic heterocycles. The van der Waals surface area contributed by atoms with Crippen molar-refractivity contribution < 1.29 is 0 Å². The first-order valence-corrected chi connectivity index (χ1v) is 18.0. The molecule has 8 N–H and O–H groups in total. The summed E-state index contributed by atoms with van der Waals surface area (Å²) in [4.78, 5) is 18.1. The van der Waals surface area contributed by atoms with Crippen LogP contribution in [0.1, 0.15) is 51.5 Å². The Labute approximate surface area is 286 Å². The number of nitrogens with two attached hydrogens (primary N) is 2. The fraction of sp³-hybridized carbons (Fsp3) is 0.514. The number of nitrogens with zero attached hydrogens (tertiary/aromatic N) is 5. The van der Waals surface area contributed by atoms with Gasteiger partial charge in [0.05, 0.1) is 12.1 Å². The number of H-pyrrole nitrogens is 1. The Kier molecular flexibility index (Phi) is 13.7. The largest absolute Gasteiger partial charge is 0.399 e. The second-order valence-corrected chi connectivity index (χ2v) is 12.9. The van der Waals surface area contributed by atoms with Crippen molar-refractivity contribution in [3.8, 4) is 0 Å². The van der Waals surface area contributed by atoms with E-state index in [1.54, 1.807) is 11.2 Å². The van der Waals surface area contributed by atoms with Crippen molar-refractivity contribution in [2.75, 3.05) is 75.7 Å². The molecular formula is C37H57N11. The number of aromatic nitrogens is 3. The molecule has 4 aromatic rings. The highest BCUT2D eigenvalue weighted by Crippen LogP contribution is 2.26. The summed E-state index contributed by atoms with van der Waals surface area (Å²) in [6, 6.07) is 17.4. The van der Waals surface area contributed by atoms with Crippen molar-refractivity contribution in [3.63, 3.8) is 0 Å². The highest BCUT2D eigenvalue weighted by atomic mass is 15.4. The normalized spacial score (nSPS) is 15.0. The van der Waals surface area contributed by atoms with Crippen molar-refractivity contribution >= 4 is 33.6 Å².